The molecule has 0 bridgehead atoms. The monoisotopic (exact) mass is 284 g/mol. The maximum Gasteiger partial charge on any atom is 0.326 e. The van der Waals surface area contributed by atoms with Crippen LogP contribution in [-0.2, 0) is 9.59 Å². The van der Waals surface area contributed by atoms with Crippen molar-refractivity contribution < 1.29 is 14.7 Å². The van der Waals surface area contributed by atoms with E-state index < -0.39 is 12.0 Å². The summed E-state index contributed by atoms with van der Waals surface area (Å²) in [5.74, 6) is -1.12. The quantitative estimate of drug-likeness (QED) is 0.750. The fourth-order valence-electron chi connectivity index (χ4n) is 3.07. The lowest BCUT2D eigenvalue weighted by Gasteiger charge is -2.32. The lowest BCUT2D eigenvalue weighted by atomic mass is 10.1. The van der Waals surface area contributed by atoms with Crippen LogP contribution in [0, 0.1) is 0 Å². The summed E-state index contributed by atoms with van der Waals surface area (Å²) in [6, 6.07) is -0.279. The van der Waals surface area contributed by atoms with E-state index in [4.69, 9.17) is 0 Å². The first-order valence-electron chi connectivity index (χ1n) is 7.69. The van der Waals surface area contributed by atoms with Crippen LogP contribution in [0.1, 0.15) is 59.8 Å². The van der Waals surface area contributed by atoms with Crippen molar-refractivity contribution in [3.05, 3.63) is 0 Å². The maximum atomic E-state index is 12.3. The number of likely N-dealkylation sites (tertiary alicyclic amines) is 1. The Bertz CT molecular complexity index is 336. The van der Waals surface area contributed by atoms with Crippen LogP contribution >= 0.6 is 0 Å². The molecule has 1 amide bonds. The highest BCUT2D eigenvalue weighted by Crippen LogP contribution is 2.25. The zero-order chi connectivity index (χ0) is 15.3. The summed E-state index contributed by atoms with van der Waals surface area (Å²) in [5, 5.41) is 11.9. The van der Waals surface area contributed by atoms with Gasteiger partial charge in [-0.25, -0.2) is 4.79 Å². The van der Waals surface area contributed by atoms with E-state index in [1.54, 1.807) is 0 Å². The van der Waals surface area contributed by atoms with E-state index in [0.29, 0.717) is 18.5 Å². The predicted octanol–water partition coefficient (Wildman–Crippen LogP) is 2.01. The van der Waals surface area contributed by atoms with Gasteiger partial charge in [0.15, 0.2) is 0 Å². The molecule has 1 aliphatic heterocycles. The molecule has 1 heterocycles. The number of hydrogen-bond donors (Lipinski definition) is 2. The molecule has 4 atom stereocenters. The SMILES string of the molecule is CCCC[C@H](NC(=O)C(C)N1C(C)CCC1C)C(=O)O. The Hall–Kier alpha value is -1.10. The minimum atomic E-state index is -0.943. The Kier molecular flexibility index (Phi) is 6.46. The van der Waals surface area contributed by atoms with Crippen molar-refractivity contribution >= 4 is 11.9 Å². The average molecular weight is 284 g/mol. The Balaban J connectivity index is 2.61. The molecule has 5 heteroatoms. The zero-order valence-electron chi connectivity index (χ0n) is 13.1. The van der Waals surface area contributed by atoms with Gasteiger partial charge in [0.1, 0.15) is 6.04 Å². The van der Waals surface area contributed by atoms with Crippen LogP contribution in [0.15, 0.2) is 0 Å². The van der Waals surface area contributed by atoms with Gasteiger partial charge in [-0.3, -0.25) is 9.69 Å². The predicted molar refractivity (Wildman–Crippen MR) is 78.6 cm³/mol. The van der Waals surface area contributed by atoms with Crippen LogP contribution in [0.3, 0.4) is 0 Å². The molecule has 0 aromatic heterocycles. The second-order valence-corrected chi connectivity index (χ2v) is 5.94. The van der Waals surface area contributed by atoms with Crippen LogP contribution < -0.4 is 5.32 Å². The fraction of sp³-hybridized carbons (Fsp3) is 0.867. The van der Waals surface area contributed by atoms with Gasteiger partial charge in [0.2, 0.25) is 5.91 Å². The summed E-state index contributed by atoms with van der Waals surface area (Å²) in [6.07, 6.45) is 4.42. The van der Waals surface area contributed by atoms with Gasteiger partial charge in [-0.2, -0.15) is 0 Å². The van der Waals surface area contributed by atoms with E-state index in [-0.39, 0.29) is 11.9 Å². The maximum absolute atomic E-state index is 12.3. The van der Waals surface area contributed by atoms with Crippen molar-refractivity contribution in [3.63, 3.8) is 0 Å². The smallest absolute Gasteiger partial charge is 0.326 e. The van der Waals surface area contributed by atoms with E-state index in [1.807, 2.05) is 13.8 Å². The van der Waals surface area contributed by atoms with E-state index in [2.05, 4.69) is 24.1 Å². The van der Waals surface area contributed by atoms with Gasteiger partial charge in [0, 0.05) is 12.1 Å². The summed E-state index contributed by atoms with van der Waals surface area (Å²) >= 11 is 0. The first-order valence-corrected chi connectivity index (χ1v) is 7.69. The minimum absolute atomic E-state index is 0.172. The fourth-order valence-corrected chi connectivity index (χ4v) is 3.07. The third kappa shape index (κ3) is 4.20. The topological polar surface area (TPSA) is 69.6 Å². The highest BCUT2D eigenvalue weighted by Gasteiger charge is 2.35. The molecule has 0 spiro atoms. The number of nitrogens with one attached hydrogen (secondary N) is 1. The molecule has 116 valence electrons. The first kappa shape index (κ1) is 17.0. The van der Waals surface area contributed by atoms with E-state index in [1.165, 1.54) is 0 Å². The normalized spacial score (nSPS) is 26.2. The second-order valence-electron chi connectivity index (χ2n) is 5.94. The van der Waals surface area contributed by atoms with Crippen molar-refractivity contribution in [2.45, 2.75) is 84.0 Å². The van der Waals surface area contributed by atoms with Gasteiger partial charge in [0.05, 0.1) is 6.04 Å². The third-order valence-corrected chi connectivity index (χ3v) is 4.31. The lowest BCUT2D eigenvalue weighted by Crippen LogP contribution is -2.52. The molecule has 5 nitrogen and oxygen atoms in total. The van der Waals surface area contributed by atoms with Crippen molar-refractivity contribution in [1.82, 2.24) is 10.2 Å². The summed E-state index contributed by atoms with van der Waals surface area (Å²) in [6.45, 7) is 8.13. The number of carboxylic acid groups (broad SMARTS) is 1. The highest BCUT2D eigenvalue weighted by atomic mass is 16.4. The molecule has 20 heavy (non-hydrogen) atoms. The van der Waals surface area contributed by atoms with Gasteiger partial charge < -0.3 is 10.4 Å². The third-order valence-electron chi connectivity index (χ3n) is 4.31. The summed E-state index contributed by atoms with van der Waals surface area (Å²) in [5.41, 5.74) is 0. The Morgan fingerprint density at radius 1 is 1.30 bits per heavy atom. The molecule has 0 aliphatic carbocycles. The minimum Gasteiger partial charge on any atom is -0.480 e. The van der Waals surface area contributed by atoms with E-state index in [0.717, 1.165) is 25.7 Å². The largest absolute Gasteiger partial charge is 0.480 e. The summed E-state index contributed by atoms with van der Waals surface area (Å²) in [7, 11) is 0. The van der Waals surface area contributed by atoms with E-state index in [9.17, 15) is 14.7 Å². The molecule has 1 aliphatic rings. The molecular weight excluding hydrogens is 256 g/mol. The Morgan fingerprint density at radius 3 is 2.30 bits per heavy atom. The van der Waals surface area contributed by atoms with Crippen molar-refractivity contribution in [2.75, 3.05) is 0 Å². The first-order chi connectivity index (χ1) is 9.38. The molecule has 0 radical (unpaired) electrons. The average Bonchev–Trinajstić information content (AvgIpc) is 2.72. The number of hydrogen-bond acceptors (Lipinski definition) is 3. The summed E-state index contributed by atoms with van der Waals surface area (Å²) in [4.78, 5) is 25.7. The van der Waals surface area contributed by atoms with Crippen molar-refractivity contribution in [3.8, 4) is 0 Å². The lowest BCUT2D eigenvalue weighted by molar-refractivity contribution is -0.143. The number of amides is 1. The van der Waals surface area contributed by atoms with Crippen LogP contribution in [-0.4, -0.2) is 46.1 Å². The van der Waals surface area contributed by atoms with Gasteiger partial charge >= 0.3 is 5.97 Å². The van der Waals surface area contributed by atoms with E-state index >= 15 is 0 Å². The molecule has 1 fully saturated rings. The molecule has 0 saturated carbocycles. The number of rotatable bonds is 7. The van der Waals surface area contributed by atoms with Gasteiger partial charge in [-0.1, -0.05) is 19.8 Å². The molecule has 1 rings (SSSR count). The van der Waals surface area contributed by atoms with Crippen LogP contribution in [0.4, 0.5) is 0 Å². The molecule has 3 unspecified atom stereocenters. The molecule has 1 saturated heterocycles. The van der Waals surface area contributed by atoms with Gasteiger partial charge in [0.25, 0.3) is 0 Å². The van der Waals surface area contributed by atoms with Crippen LogP contribution in [0.2, 0.25) is 0 Å². The van der Waals surface area contributed by atoms with Crippen LogP contribution in [0.5, 0.6) is 0 Å². The number of aliphatic carboxylic acids is 1. The highest BCUT2D eigenvalue weighted by molar-refractivity contribution is 5.86. The van der Waals surface area contributed by atoms with Crippen molar-refractivity contribution in [2.24, 2.45) is 0 Å². The Morgan fingerprint density at radius 2 is 1.85 bits per heavy atom. The van der Waals surface area contributed by atoms with Crippen molar-refractivity contribution in [1.29, 1.82) is 0 Å². The zero-order valence-corrected chi connectivity index (χ0v) is 13.1. The molecule has 2 N–H and O–H groups in total. The number of unbranched alkanes of at least 4 members (excludes halogenated alkanes) is 1. The standard InChI is InChI=1S/C15H28N2O3/c1-5-6-7-13(15(19)20)16-14(18)12(4)17-10(2)8-9-11(17)3/h10-13H,5-9H2,1-4H3,(H,16,18)(H,19,20)/t10?,11?,12?,13-/m0/s1. The molecular formula is C15H28N2O3. The van der Waals surface area contributed by atoms with Crippen LogP contribution in [0.25, 0.3) is 0 Å². The Labute approximate surface area is 121 Å². The molecule has 0 aromatic rings. The number of carbonyl (C=O) groups excluding carboxylic acids is 1. The summed E-state index contributed by atoms with van der Waals surface area (Å²) < 4.78 is 0. The second kappa shape index (κ2) is 7.62. The number of carboxylic acids is 1. The van der Waals surface area contributed by atoms with Gasteiger partial charge in [-0.05, 0) is 40.0 Å². The molecule has 0 aromatic carbocycles. The number of carbonyl (C=O) groups is 2. The number of nitrogens with zero attached hydrogens (tertiary/aromatic N) is 1. The van der Waals surface area contributed by atoms with Gasteiger partial charge in [-0.15, -0.1) is 0 Å².